The van der Waals surface area contributed by atoms with E-state index in [0.717, 1.165) is 29.7 Å². The van der Waals surface area contributed by atoms with Crippen LogP contribution in [0.15, 0.2) is 42.5 Å². The summed E-state index contributed by atoms with van der Waals surface area (Å²) in [6.45, 7) is 0. The first-order valence-electron chi connectivity index (χ1n) is 7.87. The number of aliphatic hydroxyl groups is 1. The average molecular weight is 350 g/mol. The van der Waals surface area contributed by atoms with E-state index in [4.69, 9.17) is 0 Å². The van der Waals surface area contributed by atoms with Crippen molar-refractivity contribution in [2.45, 2.75) is 31.5 Å². The molecule has 0 aromatic heterocycles. The first kappa shape index (κ1) is 17.3. The molecule has 25 heavy (non-hydrogen) atoms. The summed E-state index contributed by atoms with van der Waals surface area (Å²) in [5, 5.41) is 14.9. The van der Waals surface area contributed by atoms with Crippen molar-refractivity contribution in [3.8, 4) is 0 Å². The monoisotopic (exact) mass is 350 g/mol. The molecule has 0 spiro atoms. The summed E-state index contributed by atoms with van der Waals surface area (Å²) in [5.41, 5.74) is 1.70. The summed E-state index contributed by atoms with van der Waals surface area (Å²) in [5.74, 6) is 0. The van der Waals surface area contributed by atoms with Crippen molar-refractivity contribution in [3.63, 3.8) is 0 Å². The Bertz CT molecular complexity index is 790. The molecule has 0 aliphatic heterocycles. The SMILES string of the molecule is O=C(Nc1cccc(C(F)(F)F)c1)Nc1cccc2c1C[C@H](O)CC2. The normalized spacial score (nSPS) is 16.9. The average Bonchev–Trinajstić information content (AvgIpc) is 2.55. The molecule has 2 aromatic rings. The lowest BCUT2D eigenvalue weighted by Crippen LogP contribution is -2.24. The van der Waals surface area contributed by atoms with Gasteiger partial charge in [0.25, 0.3) is 0 Å². The van der Waals surface area contributed by atoms with Gasteiger partial charge in [-0.25, -0.2) is 4.79 Å². The maximum atomic E-state index is 12.7. The minimum absolute atomic E-state index is 0.0529. The molecule has 3 rings (SSSR count). The van der Waals surface area contributed by atoms with Crippen LogP contribution >= 0.6 is 0 Å². The zero-order valence-electron chi connectivity index (χ0n) is 13.2. The molecule has 0 radical (unpaired) electrons. The summed E-state index contributed by atoms with van der Waals surface area (Å²) < 4.78 is 38.2. The zero-order valence-corrected chi connectivity index (χ0v) is 13.2. The summed E-state index contributed by atoms with van der Waals surface area (Å²) >= 11 is 0. The molecular formula is C18H17F3N2O2. The molecule has 132 valence electrons. The van der Waals surface area contributed by atoms with E-state index in [1.807, 2.05) is 6.07 Å². The molecule has 0 heterocycles. The number of fused-ring (bicyclic) bond motifs is 1. The summed E-state index contributed by atoms with van der Waals surface area (Å²) in [4.78, 5) is 12.1. The van der Waals surface area contributed by atoms with Gasteiger partial charge in [0.15, 0.2) is 0 Å². The fourth-order valence-electron chi connectivity index (χ4n) is 2.94. The van der Waals surface area contributed by atoms with Gasteiger partial charge in [-0.15, -0.1) is 0 Å². The van der Waals surface area contributed by atoms with E-state index < -0.39 is 23.9 Å². The molecule has 7 heteroatoms. The highest BCUT2D eigenvalue weighted by atomic mass is 19.4. The van der Waals surface area contributed by atoms with Crippen LogP contribution in [0.25, 0.3) is 0 Å². The number of carbonyl (C=O) groups is 1. The second-order valence-electron chi connectivity index (χ2n) is 6.00. The van der Waals surface area contributed by atoms with Gasteiger partial charge in [-0.05, 0) is 48.2 Å². The van der Waals surface area contributed by atoms with E-state index in [1.165, 1.54) is 12.1 Å². The number of halogens is 3. The first-order valence-corrected chi connectivity index (χ1v) is 7.87. The second kappa shape index (κ2) is 6.76. The molecule has 0 saturated carbocycles. The number of aryl methyl sites for hydroxylation is 1. The lowest BCUT2D eigenvalue weighted by atomic mass is 9.88. The number of alkyl halides is 3. The van der Waals surface area contributed by atoms with Crippen LogP contribution < -0.4 is 10.6 Å². The predicted octanol–water partition coefficient (Wildman–Crippen LogP) is 4.20. The Hall–Kier alpha value is -2.54. The molecule has 1 aliphatic rings. The number of anilines is 2. The van der Waals surface area contributed by atoms with Gasteiger partial charge in [0, 0.05) is 17.8 Å². The third kappa shape index (κ3) is 4.11. The lowest BCUT2D eigenvalue weighted by Gasteiger charge is -2.23. The number of rotatable bonds is 2. The fourth-order valence-corrected chi connectivity index (χ4v) is 2.94. The number of hydrogen-bond acceptors (Lipinski definition) is 2. The van der Waals surface area contributed by atoms with E-state index in [1.54, 1.807) is 12.1 Å². The highest BCUT2D eigenvalue weighted by Gasteiger charge is 2.30. The van der Waals surface area contributed by atoms with Crippen molar-refractivity contribution in [2.24, 2.45) is 0 Å². The van der Waals surface area contributed by atoms with Crippen LogP contribution in [0.3, 0.4) is 0 Å². The van der Waals surface area contributed by atoms with E-state index >= 15 is 0 Å². The second-order valence-corrected chi connectivity index (χ2v) is 6.00. The summed E-state index contributed by atoms with van der Waals surface area (Å²) in [7, 11) is 0. The molecule has 0 unspecified atom stereocenters. The van der Waals surface area contributed by atoms with Crippen molar-refractivity contribution in [1.82, 2.24) is 0 Å². The van der Waals surface area contributed by atoms with E-state index in [2.05, 4.69) is 10.6 Å². The van der Waals surface area contributed by atoms with Crippen molar-refractivity contribution in [3.05, 3.63) is 59.2 Å². The minimum atomic E-state index is -4.47. The van der Waals surface area contributed by atoms with Gasteiger partial charge in [0.1, 0.15) is 0 Å². The number of urea groups is 1. The molecule has 0 bridgehead atoms. The third-order valence-electron chi connectivity index (χ3n) is 4.16. The van der Waals surface area contributed by atoms with Crippen molar-refractivity contribution >= 4 is 17.4 Å². The smallest absolute Gasteiger partial charge is 0.393 e. The Balaban J connectivity index is 1.74. The molecule has 4 nitrogen and oxygen atoms in total. The van der Waals surface area contributed by atoms with Crippen molar-refractivity contribution in [1.29, 1.82) is 0 Å². The van der Waals surface area contributed by atoms with Crippen LogP contribution in [0.2, 0.25) is 0 Å². The molecule has 2 amide bonds. The van der Waals surface area contributed by atoms with Crippen molar-refractivity contribution < 1.29 is 23.1 Å². The Labute approximate surface area is 142 Å². The fraction of sp³-hybridized carbons (Fsp3) is 0.278. The molecule has 2 aromatic carbocycles. The van der Waals surface area contributed by atoms with Gasteiger partial charge >= 0.3 is 12.2 Å². The van der Waals surface area contributed by atoms with Crippen LogP contribution in [-0.2, 0) is 19.0 Å². The Morgan fingerprint density at radius 3 is 2.64 bits per heavy atom. The Kier molecular flexibility index (Phi) is 4.67. The van der Waals surface area contributed by atoms with Gasteiger partial charge in [-0.3, -0.25) is 0 Å². The molecule has 1 atom stereocenters. The summed E-state index contributed by atoms with van der Waals surface area (Å²) in [6, 6.07) is 9.27. The maximum absolute atomic E-state index is 12.7. The topological polar surface area (TPSA) is 61.4 Å². The molecule has 0 saturated heterocycles. The Morgan fingerprint density at radius 2 is 1.88 bits per heavy atom. The number of aliphatic hydroxyl groups excluding tert-OH is 1. The Morgan fingerprint density at radius 1 is 1.12 bits per heavy atom. The molecular weight excluding hydrogens is 333 g/mol. The van der Waals surface area contributed by atoms with Gasteiger partial charge in [-0.2, -0.15) is 13.2 Å². The highest BCUT2D eigenvalue weighted by Crippen LogP contribution is 2.31. The van der Waals surface area contributed by atoms with Crippen LogP contribution in [-0.4, -0.2) is 17.2 Å². The van der Waals surface area contributed by atoms with Crippen LogP contribution in [0.1, 0.15) is 23.1 Å². The van der Waals surface area contributed by atoms with E-state index in [0.29, 0.717) is 18.5 Å². The quantitative estimate of drug-likeness (QED) is 0.760. The third-order valence-corrected chi connectivity index (χ3v) is 4.16. The minimum Gasteiger partial charge on any atom is -0.393 e. The van der Waals surface area contributed by atoms with Crippen LogP contribution in [0.4, 0.5) is 29.3 Å². The maximum Gasteiger partial charge on any atom is 0.416 e. The largest absolute Gasteiger partial charge is 0.416 e. The standard InChI is InChI=1S/C18H17F3N2O2/c19-18(20,21)12-4-2-5-13(9-12)22-17(25)23-16-6-1-3-11-7-8-14(24)10-15(11)16/h1-6,9,14,24H,7-8,10H2,(H2,22,23,25)/t14-/m1/s1. The molecule has 1 aliphatic carbocycles. The summed E-state index contributed by atoms with van der Waals surface area (Å²) in [6.07, 6.45) is -3.09. The number of hydrogen-bond donors (Lipinski definition) is 3. The molecule has 0 fully saturated rings. The zero-order chi connectivity index (χ0) is 18.0. The number of benzene rings is 2. The molecule has 3 N–H and O–H groups in total. The number of nitrogens with one attached hydrogen (secondary N) is 2. The van der Waals surface area contributed by atoms with Gasteiger partial charge < -0.3 is 15.7 Å². The van der Waals surface area contributed by atoms with Crippen molar-refractivity contribution in [2.75, 3.05) is 10.6 Å². The van der Waals surface area contributed by atoms with Crippen LogP contribution in [0.5, 0.6) is 0 Å². The number of carbonyl (C=O) groups excluding carboxylic acids is 1. The van der Waals surface area contributed by atoms with E-state index in [9.17, 15) is 23.1 Å². The lowest BCUT2D eigenvalue weighted by molar-refractivity contribution is -0.137. The highest BCUT2D eigenvalue weighted by molar-refractivity contribution is 6.00. The van der Waals surface area contributed by atoms with Gasteiger partial charge in [0.05, 0.1) is 11.7 Å². The predicted molar refractivity (Wildman–Crippen MR) is 88.6 cm³/mol. The van der Waals surface area contributed by atoms with E-state index in [-0.39, 0.29) is 5.69 Å². The van der Waals surface area contributed by atoms with Gasteiger partial charge in [-0.1, -0.05) is 18.2 Å². The number of amides is 2. The first-order chi connectivity index (χ1) is 11.8. The van der Waals surface area contributed by atoms with Gasteiger partial charge in [0.2, 0.25) is 0 Å². The van der Waals surface area contributed by atoms with Crippen LogP contribution in [0, 0.1) is 0 Å².